The number of carboxylic acid groups (broad SMARTS) is 1. The largest absolute Gasteiger partial charge is 0.486 e. The van der Waals surface area contributed by atoms with Crippen LogP contribution < -0.4 is 15.4 Å². The van der Waals surface area contributed by atoms with Crippen LogP contribution >= 0.6 is 22.9 Å². The summed E-state index contributed by atoms with van der Waals surface area (Å²) in [5, 5.41) is 12.7. The van der Waals surface area contributed by atoms with Crippen LogP contribution in [0, 0.1) is 5.41 Å². The van der Waals surface area contributed by atoms with Gasteiger partial charge in [0.2, 0.25) is 0 Å². The van der Waals surface area contributed by atoms with Gasteiger partial charge in [-0.05, 0) is 60.1 Å². The fourth-order valence-corrected chi connectivity index (χ4v) is 6.12. The van der Waals surface area contributed by atoms with Gasteiger partial charge in [0.1, 0.15) is 17.9 Å². The van der Waals surface area contributed by atoms with Crippen molar-refractivity contribution in [3.05, 3.63) is 75.3 Å². The number of rotatable bonds is 8. The number of piperazine rings is 1. The normalized spacial score (nSPS) is 17.9. The standard InChI is InChI=1S/C30H35ClN4O3S/c1-30(2)10-9-21(26(16-30)20-3-5-22(31)6-4-20)17-34-11-13-35(14-12-34)24-7-8-25(28(36)37)27(15-24)38-18-23-19-39-29(32)33-23/h3-8,15,19H,9-14,16-18H2,1-2H3,(H2,32,33)(H,36,37). The van der Waals surface area contributed by atoms with Gasteiger partial charge in [-0.3, -0.25) is 4.90 Å². The Bertz CT molecular complexity index is 1360. The van der Waals surface area contributed by atoms with E-state index in [1.807, 2.05) is 29.6 Å². The minimum Gasteiger partial charge on any atom is -0.486 e. The quantitative estimate of drug-likeness (QED) is 0.324. The van der Waals surface area contributed by atoms with Gasteiger partial charge in [0.25, 0.3) is 0 Å². The molecule has 0 amide bonds. The molecule has 3 aromatic rings. The molecule has 3 N–H and O–H groups in total. The predicted molar refractivity (Wildman–Crippen MR) is 159 cm³/mol. The molecule has 9 heteroatoms. The summed E-state index contributed by atoms with van der Waals surface area (Å²) in [6.07, 6.45) is 3.40. The second-order valence-electron chi connectivity index (χ2n) is 11.1. The topological polar surface area (TPSA) is 91.9 Å². The molecule has 1 saturated heterocycles. The van der Waals surface area contributed by atoms with Crippen molar-refractivity contribution < 1.29 is 14.6 Å². The highest BCUT2D eigenvalue weighted by molar-refractivity contribution is 7.13. The van der Waals surface area contributed by atoms with Gasteiger partial charge < -0.3 is 20.5 Å². The second-order valence-corrected chi connectivity index (χ2v) is 12.5. The number of aromatic nitrogens is 1. The van der Waals surface area contributed by atoms with Gasteiger partial charge >= 0.3 is 5.97 Å². The number of carboxylic acids is 1. The Morgan fingerprint density at radius 2 is 1.90 bits per heavy atom. The number of benzene rings is 2. The molecule has 1 aliphatic carbocycles. The van der Waals surface area contributed by atoms with Gasteiger partial charge in [0.05, 0.1) is 5.69 Å². The number of nitrogen functional groups attached to an aromatic ring is 1. The van der Waals surface area contributed by atoms with Crippen molar-refractivity contribution in [2.45, 2.75) is 39.7 Å². The average Bonchev–Trinajstić information content (AvgIpc) is 3.34. The van der Waals surface area contributed by atoms with E-state index in [9.17, 15) is 9.90 Å². The molecule has 1 aliphatic heterocycles. The molecule has 2 heterocycles. The first-order valence-corrected chi connectivity index (χ1v) is 14.6. The Hall–Kier alpha value is -3.07. The zero-order valence-corrected chi connectivity index (χ0v) is 24.0. The van der Waals surface area contributed by atoms with Gasteiger partial charge in [0.15, 0.2) is 5.13 Å². The minimum atomic E-state index is -1.01. The number of carbonyl (C=O) groups is 1. The Balaban J connectivity index is 1.26. The fraction of sp³-hybridized carbons (Fsp3) is 0.400. The third-order valence-corrected chi connectivity index (χ3v) is 8.65. The lowest BCUT2D eigenvalue weighted by atomic mass is 9.72. The molecule has 0 radical (unpaired) electrons. The molecular formula is C30H35ClN4O3S. The maximum absolute atomic E-state index is 11.8. The maximum Gasteiger partial charge on any atom is 0.339 e. The predicted octanol–water partition coefficient (Wildman–Crippen LogP) is 6.44. The van der Waals surface area contributed by atoms with E-state index in [2.05, 4.69) is 40.8 Å². The highest BCUT2D eigenvalue weighted by Gasteiger charge is 2.29. The van der Waals surface area contributed by atoms with Crippen LogP contribution in [0.5, 0.6) is 5.75 Å². The fourth-order valence-electron chi connectivity index (χ4n) is 5.44. The van der Waals surface area contributed by atoms with E-state index in [4.69, 9.17) is 22.1 Å². The summed E-state index contributed by atoms with van der Waals surface area (Å²) in [5.74, 6) is -0.670. The van der Waals surface area contributed by atoms with Crippen LogP contribution in [0.3, 0.4) is 0 Å². The summed E-state index contributed by atoms with van der Waals surface area (Å²) in [6, 6.07) is 13.6. The molecule has 0 saturated carbocycles. The summed E-state index contributed by atoms with van der Waals surface area (Å²) < 4.78 is 5.89. The van der Waals surface area contributed by atoms with Crippen LogP contribution in [0.4, 0.5) is 10.8 Å². The first kappa shape index (κ1) is 27.5. The summed E-state index contributed by atoms with van der Waals surface area (Å²) in [7, 11) is 0. The van der Waals surface area contributed by atoms with Crippen LogP contribution in [-0.2, 0) is 6.61 Å². The molecule has 5 rings (SSSR count). The monoisotopic (exact) mass is 566 g/mol. The van der Waals surface area contributed by atoms with E-state index < -0.39 is 5.97 Å². The Kier molecular flexibility index (Phi) is 8.16. The third kappa shape index (κ3) is 6.75. The number of thiazole rings is 1. The Morgan fingerprint density at radius 3 is 2.56 bits per heavy atom. The van der Waals surface area contributed by atoms with Gasteiger partial charge in [-0.2, -0.15) is 0 Å². The highest BCUT2D eigenvalue weighted by atomic mass is 35.5. The zero-order valence-electron chi connectivity index (χ0n) is 22.5. The third-order valence-electron chi connectivity index (χ3n) is 7.67. The summed E-state index contributed by atoms with van der Waals surface area (Å²) >= 11 is 7.51. The molecule has 1 aromatic heterocycles. The lowest BCUT2D eigenvalue weighted by Crippen LogP contribution is -2.47. The molecule has 206 valence electrons. The van der Waals surface area contributed by atoms with E-state index in [0.29, 0.717) is 22.0 Å². The number of halogens is 1. The van der Waals surface area contributed by atoms with Crippen LogP contribution in [0.1, 0.15) is 54.7 Å². The molecule has 1 fully saturated rings. The van der Waals surface area contributed by atoms with Gasteiger partial charge in [-0.25, -0.2) is 9.78 Å². The maximum atomic E-state index is 11.8. The zero-order chi connectivity index (χ0) is 27.6. The van der Waals surface area contributed by atoms with Crippen LogP contribution in [0.15, 0.2) is 53.4 Å². The molecule has 7 nitrogen and oxygen atoms in total. The molecule has 0 bridgehead atoms. The summed E-state index contributed by atoms with van der Waals surface area (Å²) in [4.78, 5) is 20.8. The average molecular weight is 567 g/mol. The van der Waals surface area contributed by atoms with Gasteiger partial charge in [0, 0.05) is 54.9 Å². The summed E-state index contributed by atoms with van der Waals surface area (Å²) in [5.41, 5.74) is 12.1. The van der Waals surface area contributed by atoms with E-state index in [0.717, 1.165) is 56.3 Å². The first-order valence-electron chi connectivity index (χ1n) is 13.3. The van der Waals surface area contributed by atoms with Gasteiger partial charge in [-0.15, -0.1) is 11.3 Å². The van der Waals surface area contributed by atoms with Crippen LogP contribution in [-0.4, -0.2) is 53.7 Å². The van der Waals surface area contributed by atoms with Crippen molar-refractivity contribution in [1.29, 1.82) is 0 Å². The van der Waals surface area contributed by atoms with Crippen molar-refractivity contribution in [2.75, 3.05) is 43.4 Å². The van der Waals surface area contributed by atoms with E-state index in [1.54, 1.807) is 6.07 Å². The number of hydrogen-bond acceptors (Lipinski definition) is 7. The Labute approximate surface area is 238 Å². The van der Waals surface area contributed by atoms with Crippen LogP contribution in [0.25, 0.3) is 5.57 Å². The SMILES string of the molecule is CC1(C)CCC(CN2CCN(c3ccc(C(=O)O)c(OCc4csc(N)n4)c3)CC2)=C(c2ccc(Cl)cc2)C1. The van der Waals surface area contributed by atoms with Crippen molar-refractivity contribution in [2.24, 2.45) is 5.41 Å². The minimum absolute atomic E-state index is 0.141. The summed E-state index contributed by atoms with van der Waals surface area (Å²) in [6.45, 7) is 9.48. The molecular weight excluding hydrogens is 532 g/mol. The van der Waals surface area contributed by atoms with Crippen molar-refractivity contribution in [3.8, 4) is 5.75 Å². The molecule has 0 unspecified atom stereocenters. The van der Waals surface area contributed by atoms with E-state index in [-0.39, 0.29) is 12.2 Å². The molecule has 2 aliphatic rings. The van der Waals surface area contributed by atoms with Crippen molar-refractivity contribution >= 4 is 45.3 Å². The molecule has 0 atom stereocenters. The Morgan fingerprint density at radius 1 is 1.15 bits per heavy atom. The number of aromatic carboxylic acids is 1. The second kappa shape index (κ2) is 11.6. The molecule has 39 heavy (non-hydrogen) atoms. The number of ether oxygens (including phenoxy) is 1. The molecule has 2 aromatic carbocycles. The lowest BCUT2D eigenvalue weighted by Gasteiger charge is -2.39. The number of nitrogens with zero attached hydrogens (tertiary/aromatic N) is 3. The molecule has 0 spiro atoms. The number of allylic oxidation sites excluding steroid dienone is 1. The van der Waals surface area contributed by atoms with Crippen molar-refractivity contribution in [3.63, 3.8) is 0 Å². The van der Waals surface area contributed by atoms with E-state index in [1.165, 1.54) is 34.5 Å². The smallest absolute Gasteiger partial charge is 0.339 e. The van der Waals surface area contributed by atoms with Crippen LogP contribution in [0.2, 0.25) is 5.02 Å². The van der Waals surface area contributed by atoms with E-state index >= 15 is 0 Å². The number of hydrogen-bond donors (Lipinski definition) is 2. The highest BCUT2D eigenvalue weighted by Crippen LogP contribution is 2.43. The van der Waals surface area contributed by atoms with Crippen molar-refractivity contribution in [1.82, 2.24) is 9.88 Å². The van der Waals surface area contributed by atoms with Gasteiger partial charge in [-0.1, -0.05) is 43.2 Å². The lowest BCUT2D eigenvalue weighted by molar-refractivity contribution is 0.0691. The number of nitrogens with two attached hydrogens (primary N) is 1. The first-order chi connectivity index (χ1) is 18.7. The number of anilines is 2.